The molecular formula is C41H48N4O7S. The highest BCUT2D eigenvalue weighted by Crippen LogP contribution is 2.39. The summed E-state index contributed by atoms with van der Waals surface area (Å²) in [5.41, 5.74) is 2.68. The minimum absolute atomic E-state index is 0.0442. The Balaban J connectivity index is 1.12. The smallest absolute Gasteiger partial charge is 0.245 e. The number of hydrogen-bond donors (Lipinski definition) is 2. The molecule has 12 heteroatoms. The summed E-state index contributed by atoms with van der Waals surface area (Å²) in [7, 11) is -0.890. The Morgan fingerprint density at radius 2 is 1.60 bits per heavy atom. The molecule has 53 heavy (non-hydrogen) atoms. The summed E-state index contributed by atoms with van der Waals surface area (Å²) in [5.74, 6) is 0.889. The standard InChI is InChI=1S/C41H48N4O7S/c1-26(2)44(3)41(47)36(20-27-8-10-28(11-9-27)24-45-31-13-14-32(45)16-15-31)42-40(46)23-35(30-12-19-37-38(22-30)52-25-51-37)43-53(48,49)39-7-5-6-29-21-33(50-4)17-18-34(29)39/h5-12,17-19,21-22,26,31-32,35-36,43H,13-16,20,23-25H2,1-4H3,(H,42,46). The fraction of sp³-hybridized carbons (Fsp3) is 0.415. The number of benzene rings is 4. The summed E-state index contributed by atoms with van der Waals surface area (Å²) in [5, 5.41) is 4.17. The quantitative estimate of drug-likeness (QED) is 0.169. The Morgan fingerprint density at radius 1 is 0.906 bits per heavy atom. The molecule has 0 radical (unpaired) electrons. The molecule has 3 heterocycles. The normalized spacial score (nSPS) is 19.0. The number of carbonyl (C=O) groups excluding carboxylic acids is 2. The molecule has 0 aliphatic carbocycles. The zero-order valence-electron chi connectivity index (χ0n) is 30.7. The predicted molar refractivity (Wildman–Crippen MR) is 202 cm³/mol. The van der Waals surface area contributed by atoms with Crippen LogP contribution in [0.1, 0.15) is 68.7 Å². The molecule has 0 spiro atoms. The highest BCUT2D eigenvalue weighted by Gasteiger charge is 2.39. The number of sulfonamides is 1. The summed E-state index contributed by atoms with van der Waals surface area (Å²) in [6.07, 6.45) is 5.15. The van der Waals surface area contributed by atoms with Gasteiger partial charge in [-0.05, 0) is 98.0 Å². The number of nitrogens with one attached hydrogen (secondary N) is 2. The highest BCUT2D eigenvalue weighted by atomic mass is 32.2. The number of likely N-dealkylation sites (N-methyl/N-ethyl adjacent to an activating group) is 1. The van der Waals surface area contributed by atoms with Gasteiger partial charge in [-0.25, -0.2) is 13.1 Å². The van der Waals surface area contributed by atoms with E-state index in [-0.39, 0.29) is 36.5 Å². The second-order valence-corrected chi connectivity index (χ2v) is 16.3. The molecule has 2 atom stereocenters. The van der Waals surface area contributed by atoms with Gasteiger partial charge in [-0.3, -0.25) is 14.5 Å². The van der Waals surface area contributed by atoms with Crippen molar-refractivity contribution in [3.05, 3.63) is 95.6 Å². The predicted octanol–water partition coefficient (Wildman–Crippen LogP) is 5.71. The fourth-order valence-electron chi connectivity index (χ4n) is 7.85. The van der Waals surface area contributed by atoms with E-state index in [0.717, 1.165) is 12.1 Å². The molecule has 2 N–H and O–H groups in total. The van der Waals surface area contributed by atoms with Gasteiger partial charge in [0.05, 0.1) is 18.0 Å². The molecule has 3 aliphatic rings. The van der Waals surface area contributed by atoms with E-state index >= 15 is 0 Å². The molecular weight excluding hydrogens is 693 g/mol. The van der Waals surface area contributed by atoms with Crippen molar-refractivity contribution in [1.82, 2.24) is 19.8 Å². The summed E-state index contributed by atoms with van der Waals surface area (Å²) < 4.78 is 47.4. The molecule has 4 aromatic carbocycles. The van der Waals surface area contributed by atoms with Crippen molar-refractivity contribution in [2.24, 2.45) is 0 Å². The molecule has 0 saturated carbocycles. The molecule has 2 unspecified atom stereocenters. The Bertz CT molecular complexity index is 2070. The van der Waals surface area contributed by atoms with Crippen molar-refractivity contribution in [3.63, 3.8) is 0 Å². The van der Waals surface area contributed by atoms with Crippen LogP contribution in [0.3, 0.4) is 0 Å². The second kappa shape index (κ2) is 15.4. The van der Waals surface area contributed by atoms with E-state index in [1.165, 1.54) is 37.3 Å². The summed E-state index contributed by atoms with van der Waals surface area (Å²) in [4.78, 5) is 32.1. The van der Waals surface area contributed by atoms with E-state index in [1.54, 1.807) is 61.5 Å². The number of amides is 2. The Hall–Kier alpha value is -4.65. The number of nitrogens with zero attached hydrogens (tertiary/aromatic N) is 2. The molecule has 280 valence electrons. The van der Waals surface area contributed by atoms with Crippen molar-refractivity contribution in [3.8, 4) is 17.2 Å². The van der Waals surface area contributed by atoms with Gasteiger partial charge in [0.15, 0.2) is 11.5 Å². The Morgan fingerprint density at radius 3 is 2.30 bits per heavy atom. The van der Waals surface area contributed by atoms with Gasteiger partial charge in [0.2, 0.25) is 28.6 Å². The first-order valence-electron chi connectivity index (χ1n) is 18.4. The fourth-order valence-corrected chi connectivity index (χ4v) is 9.30. The van der Waals surface area contributed by atoms with E-state index in [1.807, 2.05) is 32.0 Å². The van der Waals surface area contributed by atoms with Crippen LogP contribution in [0.25, 0.3) is 10.8 Å². The first-order chi connectivity index (χ1) is 25.5. The van der Waals surface area contributed by atoms with Gasteiger partial charge < -0.3 is 24.4 Å². The van der Waals surface area contributed by atoms with Gasteiger partial charge in [-0.2, -0.15) is 0 Å². The van der Waals surface area contributed by atoms with Gasteiger partial charge in [0, 0.05) is 49.9 Å². The van der Waals surface area contributed by atoms with Crippen molar-refractivity contribution in [1.29, 1.82) is 0 Å². The van der Waals surface area contributed by atoms with Crippen molar-refractivity contribution >= 4 is 32.6 Å². The third kappa shape index (κ3) is 8.00. The molecule has 4 aromatic rings. The first-order valence-corrected chi connectivity index (χ1v) is 19.9. The molecule has 2 bridgehead atoms. The Labute approximate surface area is 311 Å². The minimum Gasteiger partial charge on any atom is -0.497 e. The van der Waals surface area contributed by atoms with Gasteiger partial charge in [0.1, 0.15) is 11.8 Å². The van der Waals surface area contributed by atoms with Crippen molar-refractivity contribution in [2.75, 3.05) is 21.0 Å². The van der Waals surface area contributed by atoms with Crippen LogP contribution in [0.15, 0.2) is 83.8 Å². The third-order valence-corrected chi connectivity index (χ3v) is 12.5. The lowest BCUT2D eigenvalue weighted by Crippen LogP contribution is -2.50. The van der Waals surface area contributed by atoms with E-state index in [4.69, 9.17) is 14.2 Å². The average molecular weight is 741 g/mol. The van der Waals surface area contributed by atoms with Crippen LogP contribution in [-0.4, -0.2) is 75.1 Å². The maximum atomic E-state index is 14.1. The molecule has 11 nitrogen and oxygen atoms in total. The molecule has 2 fully saturated rings. The number of carbonyl (C=O) groups is 2. The summed E-state index contributed by atoms with van der Waals surface area (Å²) >= 11 is 0. The number of rotatable bonds is 14. The number of methoxy groups -OCH3 is 1. The number of fused-ring (bicyclic) bond motifs is 4. The molecule has 7 rings (SSSR count). The van der Waals surface area contributed by atoms with E-state index < -0.39 is 28.0 Å². The zero-order valence-corrected chi connectivity index (χ0v) is 31.5. The van der Waals surface area contributed by atoms with Crippen LogP contribution in [0.4, 0.5) is 0 Å². The molecule has 2 amide bonds. The topological polar surface area (TPSA) is 127 Å². The highest BCUT2D eigenvalue weighted by molar-refractivity contribution is 7.89. The summed E-state index contributed by atoms with van der Waals surface area (Å²) in [6.45, 7) is 4.81. The average Bonchev–Trinajstić information content (AvgIpc) is 3.89. The lowest BCUT2D eigenvalue weighted by Gasteiger charge is -2.28. The van der Waals surface area contributed by atoms with Crippen molar-refractivity contribution in [2.45, 2.75) is 94.0 Å². The van der Waals surface area contributed by atoms with Crippen LogP contribution in [-0.2, 0) is 32.6 Å². The maximum absolute atomic E-state index is 14.1. The maximum Gasteiger partial charge on any atom is 0.245 e. The number of ether oxygens (including phenoxy) is 3. The Kier molecular flexibility index (Phi) is 10.6. The third-order valence-electron chi connectivity index (χ3n) is 11.0. The molecule has 2 saturated heterocycles. The first kappa shape index (κ1) is 36.7. The van der Waals surface area contributed by atoms with Crippen LogP contribution >= 0.6 is 0 Å². The van der Waals surface area contributed by atoms with Crippen LogP contribution < -0.4 is 24.2 Å². The van der Waals surface area contributed by atoms with Crippen LogP contribution in [0.2, 0.25) is 0 Å². The lowest BCUT2D eigenvalue weighted by molar-refractivity contribution is -0.136. The van der Waals surface area contributed by atoms with E-state index in [9.17, 15) is 18.0 Å². The monoisotopic (exact) mass is 740 g/mol. The zero-order chi connectivity index (χ0) is 37.3. The lowest BCUT2D eigenvalue weighted by atomic mass is 10.0. The molecule has 3 aliphatic heterocycles. The van der Waals surface area contributed by atoms with Gasteiger partial charge in [0.25, 0.3) is 0 Å². The molecule has 0 aromatic heterocycles. The second-order valence-electron chi connectivity index (χ2n) is 14.7. The summed E-state index contributed by atoms with van der Waals surface area (Å²) in [6, 6.07) is 23.0. The van der Waals surface area contributed by atoms with Gasteiger partial charge in [-0.1, -0.05) is 42.5 Å². The largest absolute Gasteiger partial charge is 0.497 e. The van der Waals surface area contributed by atoms with Gasteiger partial charge in [-0.15, -0.1) is 0 Å². The van der Waals surface area contributed by atoms with Crippen molar-refractivity contribution < 1.29 is 32.2 Å². The van der Waals surface area contributed by atoms with Crippen LogP contribution in [0.5, 0.6) is 17.2 Å². The number of hydrogen-bond acceptors (Lipinski definition) is 8. The SMILES string of the molecule is COc1ccc2c(S(=O)(=O)NC(CC(=O)NC(Cc3ccc(CN4C5CCC4CC5)cc3)C(=O)N(C)C(C)C)c3ccc4c(c3)OCO4)cccc2c1. The van der Waals surface area contributed by atoms with Crippen LogP contribution in [0, 0.1) is 0 Å². The van der Waals surface area contributed by atoms with E-state index in [2.05, 4.69) is 27.1 Å². The van der Waals surface area contributed by atoms with E-state index in [0.29, 0.717) is 45.7 Å². The van der Waals surface area contributed by atoms with Gasteiger partial charge >= 0.3 is 0 Å². The minimum atomic E-state index is -4.17.